The SMILES string of the molecule is O=C(/C=c1/[nH]c(=O)/c(=C/c2cccnc2)s1)c1ccncc1. The molecule has 0 aromatic carbocycles. The van der Waals surface area contributed by atoms with Crippen molar-refractivity contribution in [1.82, 2.24) is 15.0 Å². The summed E-state index contributed by atoms with van der Waals surface area (Å²) in [6.07, 6.45) is 9.61. The molecule has 3 aromatic heterocycles. The molecule has 3 rings (SSSR count). The minimum absolute atomic E-state index is 0.173. The fourth-order valence-corrected chi connectivity index (χ4v) is 2.74. The maximum atomic E-state index is 12.1. The molecule has 0 saturated heterocycles. The first kappa shape index (κ1) is 14.1. The maximum absolute atomic E-state index is 12.1. The van der Waals surface area contributed by atoms with Crippen LogP contribution in [-0.4, -0.2) is 20.7 Å². The fraction of sp³-hybridized carbons (Fsp3) is 0. The number of hydrogen-bond acceptors (Lipinski definition) is 5. The van der Waals surface area contributed by atoms with E-state index in [1.54, 1.807) is 49.1 Å². The Labute approximate surface area is 129 Å². The van der Waals surface area contributed by atoms with Crippen LogP contribution in [0.2, 0.25) is 0 Å². The number of carbonyl (C=O) groups excluding carboxylic acids is 1. The number of pyridine rings is 2. The van der Waals surface area contributed by atoms with Gasteiger partial charge in [0.15, 0.2) is 5.78 Å². The topological polar surface area (TPSA) is 75.7 Å². The van der Waals surface area contributed by atoms with Crippen LogP contribution in [0, 0.1) is 0 Å². The van der Waals surface area contributed by atoms with E-state index in [4.69, 9.17) is 0 Å². The van der Waals surface area contributed by atoms with Crippen molar-refractivity contribution in [3.8, 4) is 0 Å². The van der Waals surface area contributed by atoms with Gasteiger partial charge < -0.3 is 4.98 Å². The van der Waals surface area contributed by atoms with E-state index in [1.165, 1.54) is 17.4 Å². The van der Waals surface area contributed by atoms with Gasteiger partial charge in [0.05, 0.1) is 9.20 Å². The Bertz CT molecular complexity index is 960. The monoisotopic (exact) mass is 309 g/mol. The second-order valence-electron chi connectivity index (χ2n) is 4.46. The predicted molar refractivity (Wildman–Crippen MR) is 85.0 cm³/mol. The summed E-state index contributed by atoms with van der Waals surface area (Å²) < 4.78 is 1.05. The highest BCUT2D eigenvalue weighted by Gasteiger charge is 2.02. The second-order valence-corrected chi connectivity index (χ2v) is 5.54. The van der Waals surface area contributed by atoms with Gasteiger partial charge in [0.25, 0.3) is 5.56 Å². The summed E-state index contributed by atoms with van der Waals surface area (Å²) in [7, 11) is 0. The molecule has 0 atom stereocenters. The van der Waals surface area contributed by atoms with Gasteiger partial charge in [0.1, 0.15) is 0 Å². The van der Waals surface area contributed by atoms with Crippen molar-refractivity contribution in [2.24, 2.45) is 0 Å². The van der Waals surface area contributed by atoms with Crippen LogP contribution in [0.4, 0.5) is 0 Å². The summed E-state index contributed by atoms with van der Waals surface area (Å²) in [5.41, 5.74) is 1.14. The highest BCUT2D eigenvalue weighted by molar-refractivity contribution is 7.07. The molecule has 3 heterocycles. The molecule has 22 heavy (non-hydrogen) atoms. The molecule has 0 unspecified atom stereocenters. The van der Waals surface area contributed by atoms with Crippen molar-refractivity contribution in [2.45, 2.75) is 0 Å². The molecule has 0 bridgehead atoms. The van der Waals surface area contributed by atoms with Crippen LogP contribution in [0.1, 0.15) is 15.9 Å². The van der Waals surface area contributed by atoms with E-state index in [1.807, 2.05) is 6.07 Å². The number of nitrogens with one attached hydrogen (secondary N) is 1. The Hall–Kier alpha value is -2.86. The Morgan fingerprint density at radius 3 is 2.68 bits per heavy atom. The van der Waals surface area contributed by atoms with Crippen molar-refractivity contribution in [2.75, 3.05) is 0 Å². The lowest BCUT2D eigenvalue weighted by Gasteiger charge is -1.91. The molecule has 3 aromatic rings. The quantitative estimate of drug-likeness (QED) is 0.723. The normalized spacial score (nSPS) is 12.5. The van der Waals surface area contributed by atoms with Crippen LogP contribution >= 0.6 is 11.3 Å². The zero-order chi connectivity index (χ0) is 15.4. The fourth-order valence-electron chi connectivity index (χ4n) is 1.86. The van der Waals surface area contributed by atoms with Gasteiger partial charge in [-0.05, 0) is 29.8 Å². The third-order valence-electron chi connectivity index (χ3n) is 2.89. The van der Waals surface area contributed by atoms with Crippen LogP contribution in [-0.2, 0) is 0 Å². The molecule has 6 heteroatoms. The third kappa shape index (κ3) is 3.24. The van der Waals surface area contributed by atoms with Gasteiger partial charge in [-0.1, -0.05) is 6.07 Å². The number of Topliss-reactive ketones (excluding diaryl/α,β-unsaturated/α-hetero) is 1. The Balaban J connectivity index is 2.00. The first-order valence-corrected chi connectivity index (χ1v) is 7.31. The van der Waals surface area contributed by atoms with E-state index < -0.39 is 0 Å². The molecule has 0 fully saturated rings. The number of rotatable bonds is 3. The zero-order valence-corrected chi connectivity index (χ0v) is 12.2. The number of thiazole rings is 1. The number of aromatic nitrogens is 3. The van der Waals surface area contributed by atoms with Crippen LogP contribution in [0.25, 0.3) is 12.2 Å². The Morgan fingerprint density at radius 1 is 1.14 bits per heavy atom. The van der Waals surface area contributed by atoms with E-state index in [2.05, 4.69) is 15.0 Å². The van der Waals surface area contributed by atoms with Crippen molar-refractivity contribution in [3.05, 3.63) is 79.7 Å². The smallest absolute Gasteiger partial charge is 0.266 e. The molecule has 0 spiro atoms. The molecule has 0 aliphatic heterocycles. The molecule has 0 aliphatic rings. The van der Waals surface area contributed by atoms with Gasteiger partial charge in [-0.2, -0.15) is 0 Å². The van der Waals surface area contributed by atoms with E-state index in [9.17, 15) is 9.59 Å². The summed E-state index contributed by atoms with van der Waals surface area (Å²) >= 11 is 1.23. The minimum Gasteiger partial charge on any atom is -0.313 e. The highest BCUT2D eigenvalue weighted by atomic mass is 32.1. The van der Waals surface area contributed by atoms with Crippen molar-refractivity contribution >= 4 is 29.3 Å². The largest absolute Gasteiger partial charge is 0.313 e. The van der Waals surface area contributed by atoms with Gasteiger partial charge in [-0.15, -0.1) is 11.3 Å². The lowest BCUT2D eigenvalue weighted by molar-refractivity contribution is 0.106. The zero-order valence-electron chi connectivity index (χ0n) is 11.4. The number of hydrogen-bond donors (Lipinski definition) is 1. The van der Waals surface area contributed by atoms with Crippen LogP contribution in [0.15, 0.2) is 53.8 Å². The molecule has 0 amide bonds. The molecule has 5 nitrogen and oxygen atoms in total. The molecule has 1 N–H and O–H groups in total. The van der Waals surface area contributed by atoms with Gasteiger partial charge in [0, 0.05) is 36.4 Å². The standard InChI is InChI=1S/C16H11N3O2S/c20-13(12-3-6-17-7-4-12)9-15-19-16(21)14(22-15)8-11-2-1-5-18-10-11/h1-10H,(H,19,21)/b14-8-,15-9-. The predicted octanol–water partition coefficient (Wildman–Crippen LogP) is 0.719. The highest BCUT2D eigenvalue weighted by Crippen LogP contribution is 1.98. The Kier molecular flexibility index (Phi) is 4.02. The molecule has 0 aliphatic carbocycles. The molecular weight excluding hydrogens is 298 g/mol. The maximum Gasteiger partial charge on any atom is 0.266 e. The summed E-state index contributed by atoms with van der Waals surface area (Å²) in [6.45, 7) is 0. The summed E-state index contributed by atoms with van der Waals surface area (Å²) in [5, 5.41) is 0. The summed E-state index contributed by atoms with van der Waals surface area (Å²) in [6, 6.07) is 6.92. The molecule has 0 saturated carbocycles. The van der Waals surface area contributed by atoms with Crippen LogP contribution < -0.4 is 14.8 Å². The first-order valence-electron chi connectivity index (χ1n) is 6.49. The number of aromatic amines is 1. The summed E-state index contributed by atoms with van der Waals surface area (Å²) in [5.74, 6) is -0.173. The van der Waals surface area contributed by atoms with E-state index in [-0.39, 0.29) is 11.3 Å². The van der Waals surface area contributed by atoms with Gasteiger partial charge in [-0.3, -0.25) is 19.6 Å². The van der Waals surface area contributed by atoms with Crippen LogP contribution in [0.3, 0.4) is 0 Å². The van der Waals surface area contributed by atoms with Crippen molar-refractivity contribution in [3.63, 3.8) is 0 Å². The van der Waals surface area contributed by atoms with E-state index in [0.717, 1.165) is 5.56 Å². The van der Waals surface area contributed by atoms with Crippen molar-refractivity contribution in [1.29, 1.82) is 0 Å². The average molecular weight is 309 g/mol. The number of ketones is 1. The average Bonchev–Trinajstić information content (AvgIpc) is 2.88. The van der Waals surface area contributed by atoms with Crippen molar-refractivity contribution < 1.29 is 4.79 Å². The molecule has 108 valence electrons. The minimum atomic E-state index is -0.220. The second kappa shape index (κ2) is 6.28. The summed E-state index contributed by atoms with van der Waals surface area (Å²) in [4.78, 5) is 34.5. The molecular formula is C16H11N3O2S. The van der Waals surface area contributed by atoms with E-state index >= 15 is 0 Å². The number of nitrogens with zero attached hydrogens (tertiary/aromatic N) is 2. The lowest BCUT2D eigenvalue weighted by Crippen LogP contribution is -2.20. The van der Waals surface area contributed by atoms with Gasteiger partial charge in [-0.25, -0.2) is 0 Å². The molecule has 0 radical (unpaired) electrons. The van der Waals surface area contributed by atoms with Crippen LogP contribution in [0.5, 0.6) is 0 Å². The Morgan fingerprint density at radius 2 is 1.95 bits per heavy atom. The first-order chi connectivity index (χ1) is 10.7. The third-order valence-corrected chi connectivity index (χ3v) is 3.85. The van der Waals surface area contributed by atoms with Gasteiger partial charge >= 0.3 is 0 Å². The lowest BCUT2D eigenvalue weighted by atomic mass is 10.2. The van der Waals surface area contributed by atoms with E-state index in [0.29, 0.717) is 14.8 Å². The van der Waals surface area contributed by atoms with Gasteiger partial charge in [0.2, 0.25) is 0 Å². The number of carbonyl (C=O) groups is 1. The number of H-pyrrole nitrogens is 1.